The number of hydrogen-bond donors (Lipinski definition) is 1. The van der Waals surface area contributed by atoms with Crippen LogP contribution in [0.5, 0.6) is 0 Å². The van der Waals surface area contributed by atoms with Gasteiger partial charge in [-0.05, 0) is 25.2 Å². The largest absolute Gasteiger partial charge is 0.393 e. The number of hydrogen-bond acceptors (Lipinski definition) is 1. The van der Waals surface area contributed by atoms with Crippen molar-refractivity contribution in [2.45, 2.75) is 38.7 Å². The molecule has 0 aromatic carbocycles. The molecule has 1 N–H and O–H groups in total. The van der Waals surface area contributed by atoms with Gasteiger partial charge in [0.05, 0.1) is 6.10 Å². The summed E-state index contributed by atoms with van der Waals surface area (Å²) in [5.41, 5.74) is 0. The first-order valence-corrected chi connectivity index (χ1v) is 3.52. The summed E-state index contributed by atoms with van der Waals surface area (Å²) in [5.74, 6) is 0.653. The van der Waals surface area contributed by atoms with Gasteiger partial charge < -0.3 is 5.11 Å². The van der Waals surface area contributed by atoms with Gasteiger partial charge in [0.1, 0.15) is 0 Å². The van der Waals surface area contributed by atoms with Crippen molar-refractivity contribution in [2.24, 2.45) is 5.92 Å². The summed E-state index contributed by atoms with van der Waals surface area (Å²) in [6.45, 7) is 2.04. The van der Waals surface area contributed by atoms with E-state index >= 15 is 0 Å². The van der Waals surface area contributed by atoms with Crippen molar-refractivity contribution in [2.75, 3.05) is 0 Å². The highest BCUT2D eigenvalue weighted by Gasteiger charge is 2.23. The quantitative estimate of drug-likeness (QED) is 0.690. The van der Waals surface area contributed by atoms with E-state index in [0.717, 1.165) is 6.42 Å². The second-order valence-electron chi connectivity index (χ2n) is 2.67. The molecule has 0 heterocycles. The zero-order chi connectivity index (χ0) is 5.98. The molecule has 1 fully saturated rings. The van der Waals surface area contributed by atoms with Crippen LogP contribution in [0.1, 0.15) is 32.6 Å². The monoisotopic (exact) mass is 182 g/mol. The highest BCUT2D eigenvalue weighted by Crippen LogP contribution is 2.30. The van der Waals surface area contributed by atoms with Crippen molar-refractivity contribution in [1.29, 1.82) is 0 Å². The Labute approximate surface area is 77.1 Å². The normalized spacial score (nSPS) is 19.8. The molecule has 1 atom stereocenters. The van der Waals surface area contributed by atoms with E-state index in [1.807, 2.05) is 6.92 Å². The summed E-state index contributed by atoms with van der Waals surface area (Å²) in [7, 11) is 0. The van der Waals surface area contributed by atoms with Crippen molar-refractivity contribution in [3.63, 3.8) is 0 Å². The molecule has 1 rings (SSSR count). The van der Waals surface area contributed by atoms with Gasteiger partial charge in [-0.3, -0.25) is 0 Å². The van der Waals surface area contributed by atoms with Gasteiger partial charge in [-0.15, -0.1) is 0 Å². The Morgan fingerprint density at radius 2 is 1.90 bits per heavy atom. The first kappa shape index (κ1) is 13.3. The first-order valence-electron chi connectivity index (χ1n) is 3.52. The molecule has 0 amide bonds. The molecular weight excluding hydrogens is 164 g/mol. The first-order chi connectivity index (χ1) is 3.84. The van der Waals surface area contributed by atoms with Gasteiger partial charge in [-0.1, -0.05) is 13.3 Å². The Hall–Kier alpha value is 0.660. The summed E-state index contributed by atoms with van der Waals surface area (Å²) < 4.78 is 0. The molecule has 0 radical (unpaired) electrons. The molecule has 0 bridgehead atoms. The topological polar surface area (TPSA) is 20.2 Å². The van der Waals surface area contributed by atoms with Crippen molar-refractivity contribution < 1.29 is 5.11 Å². The maximum absolute atomic E-state index is 9.18. The van der Waals surface area contributed by atoms with E-state index in [1.165, 1.54) is 19.3 Å². The van der Waals surface area contributed by atoms with Crippen molar-refractivity contribution >= 4 is 27.0 Å². The predicted molar refractivity (Wildman–Crippen MR) is 54.4 cm³/mol. The van der Waals surface area contributed by atoms with Gasteiger partial charge in [0.2, 0.25) is 0 Å². The van der Waals surface area contributed by atoms with Crippen LogP contribution in [0, 0.1) is 5.92 Å². The van der Waals surface area contributed by atoms with Crippen LogP contribution in [0.3, 0.4) is 0 Å². The maximum Gasteiger partial charge on any atom is 0.0565 e. The minimum Gasteiger partial charge on any atom is -0.393 e. The average molecular weight is 182 g/mol. The standard InChI is InChI=1S/C7H14O.2H2S/c1-2-7(8)6-4-3-5-6;;/h6-8H,2-5H2,1H3;2*1H2/t7-;;/m1../s1. The van der Waals surface area contributed by atoms with Gasteiger partial charge in [0.15, 0.2) is 0 Å². The second-order valence-corrected chi connectivity index (χ2v) is 2.67. The Morgan fingerprint density at radius 1 is 1.40 bits per heavy atom. The van der Waals surface area contributed by atoms with Crippen LogP contribution in [-0.2, 0) is 0 Å². The van der Waals surface area contributed by atoms with Crippen molar-refractivity contribution in [1.82, 2.24) is 0 Å². The van der Waals surface area contributed by atoms with E-state index in [4.69, 9.17) is 0 Å². The van der Waals surface area contributed by atoms with E-state index in [2.05, 4.69) is 0 Å². The third-order valence-corrected chi connectivity index (χ3v) is 2.11. The fourth-order valence-electron chi connectivity index (χ4n) is 1.16. The van der Waals surface area contributed by atoms with Crippen LogP contribution in [0.4, 0.5) is 0 Å². The van der Waals surface area contributed by atoms with E-state index < -0.39 is 0 Å². The molecule has 0 aliphatic heterocycles. The summed E-state index contributed by atoms with van der Waals surface area (Å²) in [4.78, 5) is 0. The average Bonchev–Trinajstić information content (AvgIpc) is 1.62. The molecular formula is C7H18OS2. The lowest BCUT2D eigenvalue weighted by Crippen LogP contribution is -2.25. The Kier molecular flexibility index (Phi) is 8.46. The van der Waals surface area contributed by atoms with Gasteiger partial charge >= 0.3 is 0 Å². The van der Waals surface area contributed by atoms with Crippen LogP contribution < -0.4 is 0 Å². The molecule has 0 saturated heterocycles. The Bertz CT molecular complexity index is 71.3. The van der Waals surface area contributed by atoms with Gasteiger partial charge in [-0.2, -0.15) is 27.0 Å². The van der Waals surface area contributed by atoms with Gasteiger partial charge in [0.25, 0.3) is 0 Å². The van der Waals surface area contributed by atoms with Crippen molar-refractivity contribution in [3.8, 4) is 0 Å². The van der Waals surface area contributed by atoms with Gasteiger partial charge in [0, 0.05) is 0 Å². The molecule has 1 aliphatic carbocycles. The molecule has 1 saturated carbocycles. The number of aliphatic hydroxyl groups is 1. The third kappa shape index (κ3) is 3.17. The SMILES string of the molecule is CC[C@@H](O)C1CCC1.S.S. The van der Waals surface area contributed by atoms with E-state index in [9.17, 15) is 5.11 Å². The van der Waals surface area contributed by atoms with Crippen LogP contribution >= 0.6 is 27.0 Å². The molecule has 0 spiro atoms. The predicted octanol–water partition coefficient (Wildman–Crippen LogP) is 1.78. The molecule has 0 unspecified atom stereocenters. The summed E-state index contributed by atoms with van der Waals surface area (Å²) in [6, 6.07) is 0. The maximum atomic E-state index is 9.18. The fraction of sp³-hybridized carbons (Fsp3) is 1.00. The summed E-state index contributed by atoms with van der Waals surface area (Å²) in [5, 5.41) is 9.18. The number of aliphatic hydroxyl groups excluding tert-OH is 1. The molecule has 1 aliphatic rings. The smallest absolute Gasteiger partial charge is 0.0565 e. The minimum absolute atomic E-state index is 0. The highest BCUT2D eigenvalue weighted by molar-refractivity contribution is 7.59. The van der Waals surface area contributed by atoms with E-state index in [-0.39, 0.29) is 33.1 Å². The Morgan fingerprint density at radius 3 is 2.00 bits per heavy atom. The van der Waals surface area contributed by atoms with Crippen LogP contribution in [0.15, 0.2) is 0 Å². The number of rotatable bonds is 2. The van der Waals surface area contributed by atoms with E-state index in [0.29, 0.717) is 5.92 Å². The third-order valence-electron chi connectivity index (χ3n) is 2.11. The van der Waals surface area contributed by atoms with Gasteiger partial charge in [-0.25, -0.2) is 0 Å². The molecule has 1 nitrogen and oxygen atoms in total. The second kappa shape index (κ2) is 6.38. The molecule has 10 heavy (non-hydrogen) atoms. The molecule has 64 valence electrons. The Balaban J connectivity index is 0. The van der Waals surface area contributed by atoms with Crippen LogP contribution in [0.25, 0.3) is 0 Å². The molecule has 0 aromatic rings. The lowest BCUT2D eigenvalue weighted by Gasteiger charge is -2.29. The van der Waals surface area contributed by atoms with Crippen LogP contribution in [0.2, 0.25) is 0 Å². The van der Waals surface area contributed by atoms with Crippen molar-refractivity contribution in [3.05, 3.63) is 0 Å². The minimum atomic E-state index is 0. The summed E-state index contributed by atoms with van der Waals surface area (Å²) >= 11 is 0. The van der Waals surface area contributed by atoms with E-state index in [1.54, 1.807) is 0 Å². The lowest BCUT2D eigenvalue weighted by atomic mass is 9.80. The molecule has 3 heteroatoms. The fourth-order valence-corrected chi connectivity index (χ4v) is 1.16. The molecule has 0 aromatic heterocycles. The highest BCUT2D eigenvalue weighted by atomic mass is 32.1. The summed E-state index contributed by atoms with van der Waals surface area (Å²) in [6.07, 6.45) is 4.79. The zero-order valence-corrected chi connectivity index (χ0v) is 8.43. The van der Waals surface area contributed by atoms with Crippen LogP contribution in [-0.4, -0.2) is 11.2 Å². The lowest BCUT2D eigenvalue weighted by molar-refractivity contribution is 0.0597. The zero-order valence-electron chi connectivity index (χ0n) is 6.43.